The molecule has 2 N–H and O–H groups in total. The zero-order valence-corrected chi connectivity index (χ0v) is 10.9. The Kier molecular flexibility index (Phi) is 3.72. The Morgan fingerprint density at radius 1 is 0.706 bits per heavy atom. The van der Waals surface area contributed by atoms with Gasteiger partial charge in [0.2, 0.25) is 0 Å². The summed E-state index contributed by atoms with van der Waals surface area (Å²) >= 11 is 0. The summed E-state index contributed by atoms with van der Waals surface area (Å²) in [6.45, 7) is 0. The van der Waals surface area contributed by atoms with Crippen LogP contribution in [0.5, 0.6) is 0 Å². The topological polar surface area (TPSA) is 32.3 Å². The molecule has 17 heavy (non-hydrogen) atoms. The first-order chi connectivity index (χ1) is 8.31. The maximum Gasteiger partial charge on any atom is 0.0541 e. The monoisotopic (exact) mass is 237 g/mol. The molecule has 3 fully saturated rings. The molecule has 0 amide bonds. The molecule has 2 heteroatoms. The minimum Gasteiger partial charge on any atom is -0.393 e. The zero-order chi connectivity index (χ0) is 11.7. The van der Waals surface area contributed by atoms with Crippen molar-refractivity contribution >= 4 is 0 Å². The molecule has 0 aromatic carbocycles. The Hall–Kier alpha value is -0.0800. The van der Waals surface area contributed by atoms with Crippen molar-refractivity contribution in [3.05, 3.63) is 0 Å². The van der Waals surface area contributed by atoms with Crippen LogP contribution in [0, 0.1) is 11.8 Å². The Bertz CT molecular complexity index is 243. The van der Waals surface area contributed by atoms with Crippen LogP contribution in [0.15, 0.2) is 0 Å². The van der Waals surface area contributed by atoms with Crippen LogP contribution in [0.2, 0.25) is 0 Å². The molecule has 2 nitrogen and oxygen atoms in total. The zero-order valence-electron chi connectivity index (χ0n) is 10.9. The van der Waals surface area contributed by atoms with Gasteiger partial charge in [0, 0.05) is 12.1 Å². The van der Waals surface area contributed by atoms with Crippen LogP contribution < -0.4 is 5.32 Å². The van der Waals surface area contributed by atoms with Gasteiger partial charge in [-0.15, -0.1) is 0 Å². The van der Waals surface area contributed by atoms with Crippen molar-refractivity contribution in [2.24, 2.45) is 11.8 Å². The summed E-state index contributed by atoms with van der Waals surface area (Å²) in [6, 6.07) is 1.48. The lowest BCUT2D eigenvalue weighted by Gasteiger charge is -2.35. The molecule has 0 radical (unpaired) electrons. The number of hydrogen-bond donors (Lipinski definition) is 2. The lowest BCUT2D eigenvalue weighted by atomic mass is 9.81. The van der Waals surface area contributed by atoms with Crippen molar-refractivity contribution in [1.82, 2.24) is 5.32 Å². The van der Waals surface area contributed by atoms with Crippen molar-refractivity contribution in [3.63, 3.8) is 0 Å². The second-order valence-corrected chi connectivity index (χ2v) is 6.63. The predicted octanol–water partition coefficient (Wildman–Crippen LogP) is 2.85. The van der Waals surface area contributed by atoms with Crippen LogP contribution in [-0.4, -0.2) is 23.3 Å². The lowest BCUT2D eigenvalue weighted by Crippen LogP contribution is -2.43. The van der Waals surface area contributed by atoms with Crippen LogP contribution >= 0.6 is 0 Å². The third-order valence-electron chi connectivity index (χ3n) is 5.17. The first-order valence-corrected chi connectivity index (χ1v) is 7.75. The number of hydrogen-bond acceptors (Lipinski definition) is 2. The second-order valence-electron chi connectivity index (χ2n) is 6.63. The molecule has 3 saturated carbocycles. The summed E-state index contributed by atoms with van der Waals surface area (Å²) in [7, 11) is 0. The number of aliphatic hydroxyl groups is 1. The van der Waals surface area contributed by atoms with Crippen LogP contribution in [0.3, 0.4) is 0 Å². The highest BCUT2D eigenvalue weighted by atomic mass is 16.3. The molecule has 0 aliphatic heterocycles. The quantitative estimate of drug-likeness (QED) is 0.791. The van der Waals surface area contributed by atoms with Crippen LogP contribution in [-0.2, 0) is 0 Å². The number of rotatable bonds is 3. The lowest BCUT2D eigenvalue weighted by molar-refractivity contribution is 0.110. The number of aliphatic hydroxyl groups excluding tert-OH is 1. The van der Waals surface area contributed by atoms with Gasteiger partial charge < -0.3 is 10.4 Å². The Morgan fingerprint density at radius 2 is 1.47 bits per heavy atom. The van der Waals surface area contributed by atoms with Gasteiger partial charge in [0.05, 0.1) is 6.10 Å². The third kappa shape index (κ3) is 3.23. The standard InChI is InChI=1S/C15H27NO/c17-15-8-6-13(7-9-15)16-14-3-1-2-12(10-14)11-4-5-11/h11-17H,1-10H2. The van der Waals surface area contributed by atoms with Crippen LogP contribution in [0.4, 0.5) is 0 Å². The molecule has 0 saturated heterocycles. The summed E-state index contributed by atoms with van der Waals surface area (Å²) in [6.07, 6.45) is 13.1. The smallest absolute Gasteiger partial charge is 0.0541 e. The summed E-state index contributed by atoms with van der Waals surface area (Å²) in [5.41, 5.74) is 0. The average Bonchev–Trinajstić information content (AvgIpc) is 3.17. The Labute approximate surface area is 105 Å². The molecular weight excluding hydrogens is 210 g/mol. The molecule has 0 bridgehead atoms. The van der Waals surface area contributed by atoms with E-state index in [0.717, 1.165) is 30.7 Å². The van der Waals surface area contributed by atoms with E-state index < -0.39 is 0 Å². The molecule has 3 rings (SSSR count). The highest BCUT2D eigenvalue weighted by Crippen LogP contribution is 2.44. The summed E-state index contributed by atoms with van der Waals surface area (Å²) in [4.78, 5) is 0. The van der Waals surface area contributed by atoms with Crippen LogP contribution in [0.25, 0.3) is 0 Å². The minimum atomic E-state index is -0.0152. The molecule has 2 atom stereocenters. The summed E-state index contributed by atoms with van der Waals surface area (Å²) in [5.74, 6) is 2.13. The second kappa shape index (κ2) is 5.27. The first-order valence-electron chi connectivity index (χ1n) is 7.75. The van der Waals surface area contributed by atoms with E-state index in [1.165, 1.54) is 51.4 Å². The normalized spacial score (nSPS) is 43.6. The molecule has 2 unspecified atom stereocenters. The average molecular weight is 237 g/mol. The molecular formula is C15H27NO. The van der Waals surface area contributed by atoms with Gasteiger partial charge in [-0.25, -0.2) is 0 Å². The maximum absolute atomic E-state index is 9.53. The third-order valence-corrected chi connectivity index (χ3v) is 5.17. The molecule has 0 aromatic rings. The van der Waals surface area contributed by atoms with Gasteiger partial charge in [-0.1, -0.05) is 12.8 Å². The Morgan fingerprint density at radius 3 is 2.18 bits per heavy atom. The highest BCUT2D eigenvalue weighted by molar-refractivity contribution is 4.89. The van der Waals surface area contributed by atoms with Gasteiger partial charge in [0.25, 0.3) is 0 Å². The van der Waals surface area contributed by atoms with E-state index in [2.05, 4.69) is 5.32 Å². The molecule has 0 aromatic heterocycles. The summed E-state index contributed by atoms with van der Waals surface area (Å²) in [5, 5.41) is 13.4. The summed E-state index contributed by atoms with van der Waals surface area (Å²) < 4.78 is 0. The molecule has 0 spiro atoms. The minimum absolute atomic E-state index is 0.0152. The van der Waals surface area contributed by atoms with Crippen molar-refractivity contribution in [3.8, 4) is 0 Å². The van der Waals surface area contributed by atoms with E-state index in [0.29, 0.717) is 6.04 Å². The van der Waals surface area contributed by atoms with Crippen molar-refractivity contribution in [2.45, 2.75) is 82.4 Å². The van der Waals surface area contributed by atoms with Gasteiger partial charge in [0.15, 0.2) is 0 Å². The van der Waals surface area contributed by atoms with Crippen molar-refractivity contribution in [2.75, 3.05) is 0 Å². The SMILES string of the molecule is OC1CCC(NC2CCCC(C3CC3)C2)CC1. The van der Waals surface area contributed by atoms with Crippen LogP contribution in [0.1, 0.15) is 64.2 Å². The van der Waals surface area contributed by atoms with Crippen molar-refractivity contribution in [1.29, 1.82) is 0 Å². The maximum atomic E-state index is 9.53. The molecule has 3 aliphatic rings. The van der Waals surface area contributed by atoms with E-state index in [1.807, 2.05) is 0 Å². The van der Waals surface area contributed by atoms with Gasteiger partial charge >= 0.3 is 0 Å². The molecule has 0 heterocycles. The largest absolute Gasteiger partial charge is 0.393 e. The van der Waals surface area contributed by atoms with E-state index in [4.69, 9.17) is 0 Å². The van der Waals surface area contributed by atoms with Gasteiger partial charge in [0.1, 0.15) is 0 Å². The highest BCUT2D eigenvalue weighted by Gasteiger charge is 2.35. The number of nitrogens with one attached hydrogen (secondary N) is 1. The van der Waals surface area contributed by atoms with Crippen molar-refractivity contribution < 1.29 is 5.11 Å². The molecule has 98 valence electrons. The predicted molar refractivity (Wildman–Crippen MR) is 69.9 cm³/mol. The van der Waals surface area contributed by atoms with E-state index in [9.17, 15) is 5.11 Å². The fourth-order valence-electron chi connectivity index (χ4n) is 3.95. The van der Waals surface area contributed by atoms with E-state index in [-0.39, 0.29) is 6.10 Å². The van der Waals surface area contributed by atoms with Gasteiger partial charge in [-0.05, 0) is 63.2 Å². The van der Waals surface area contributed by atoms with E-state index in [1.54, 1.807) is 0 Å². The van der Waals surface area contributed by atoms with Gasteiger partial charge in [-0.3, -0.25) is 0 Å². The van der Waals surface area contributed by atoms with Gasteiger partial charge in [-0.2, -0.15) is 0 Å². The fourth-order valence-corrected chi connectivity index (χ4v) is 3.95. The van der Waals surface area contributed by atoms with E-state index >= 15 is 0 Å². The Balaban J connectivity index is 1.44. The molecule has 3 aliphatic carbocycles. The fraction of sp³-hybridized carbons (Fsp3) is 1.00. The first kappa shape index (κ1) is 12.0.